The van der Waals surface area contributed by atoms with E-state index in [0.29, 0.717) is 9.37 Å². The summed E-state index contributed by atoms with van der Waals surface area (Å²) < 4.78 is 2.24. The van der Waals surface area contributed by atoms with Crippen LogP contribution in [0.15, 0.2) is 24.4 Å². The Balaban J connectivity index is 0.000000302. The van der Waals surface area contributed by atoms with Crippen LogP contribution >= 0.6 is 12.2 Å². The zero-order valence-electron chi connectivity index (χ0n) is 11.3. The molecule has 0 unspecified atom stereocenters. The van der Waals surface area contributed by atoms with Gasteiger partial charge >= 0.3 is 0 Å². The molecule has 17 heavy (non-hydrogen) atoms. The minimum absolute atomic E-state index is 0.313. The number of rotatable bonds is 4. The van der Waals surface area contributed by atoms with Crippen molar-refractivity contribution in [1.82, 2.24) is 4.73 Å². The topological polar surface area (TPSA) is 28.0 Å². The molecule has 0 amide bonds. The van der Waals surface area contributed by atoms with Gasteiger partial charge in [0.05, 0.1) is 26.2 Å². The standard InChI is InChI=1S/C8H20N.C5H4NOS/c1-5-9(6-2,7-3)8-4;7-6-4-2-1-3-5(6)8/h5-8H2,1-4H3;1-4H/q+1;-1. The zero-order chi connectivity index (χ0) is 13.3. The second kappa shape index (κ2) is 8.25. The molecule has 0 bridgehead atoms. The molecule has 0 aliphatic heterocycles. The van der Waals surface area contributed by atoms with Crippen molar-refractivity contribution in [2.75, 3.05) is 26.2 Å². The van der Waals surface area contributed by atoms with E-state index in [1.54, 1.807) is 18.2 Å². The maximum Gasteiger partial charge on any atom is 0.101 e. The fourth-order valence-electron chi connectivity index (χ4n) is 1.75. The van der Waals surface area contributed by atoms with Crippen molar-refractivity contribution >= 4 is 12.2 Å². The van der Waals surface area contributed by atoms with E-state index in [1.165, 1.54) is 36.9 Å². The van der Waals surface area contributed by atoms with Crippen LogP contribution in [0.3, 0.4) is 0 Å². The quantitative estimate of drug-likeness (QED) is 0.609. The molecule has 98 valence electrons. The van der Waals surface area contributed by atoms with Crippen molar-refractivity contribution in [2.24, 2.45) is 0 Å². The van der Waals surface area contributed by atoms with E-state index in [0.717, 1.165) is 0 Å². The lowest BCUT2D eigenvalue weighted by atomic mass is 10.3. The summed E-state index contributed by atoms with van der Waals surface area (Å²) >= 11 is 4.60. The number of aromatic nitrogens is 1. The van der Waals surface area contributed by atoms with E-state index in [-0.39, 0.29) is 0 Å². The second-order valence-electron chi connectivity index (χ2n) is 3.97. The Bertz CT molecular complexity index is 341. The molecular weight excluding hydrogens is 232 g/mol. The minimum atomic E-state index is 0.313. The lowest BCUT2D eigenvalue weighted by Gasteiger charge is -2.34. The molecule has 1 aromatic rings. The zero-order valence-corrected chi connectivity index (χ0v) is 12.2. The van der Waals surface area contributed by atoms with Crippen molar-refractivity contribution in [1.29, 1.82) is 0 Å². The molecule has 0 aliphatic carbocycles. The summed E-state index contributed by atoms with van der Waals surface area (Å²) in [5.74, 6) is 0. The number of hydrogen-bond acceptors (Lipinski definition) is 2. The molecule has 0 saturated carbocycles. The third-order valence-corrected chi connectivity index (χ3v) is 3.79. The van der Waals surface area contributed by atoms with Crippen LogP contribution in [-0.2, 0) is 0 Å². The molecule has 0 atom stereocenters. The molecule has 3 nitrogen and oxygen atoms in total. The lowest BCUT2D eigenvalue weighted by Crippen LogP contribution is -2.47. The predicted molar refractivity (Wildman–Crippen MR) is 76.5 cm³/mol. The molecule has 0 aliphatic rings. The summed E-state index contributed by atoms with van der Waals surface area (Å²) in [6.07, 6.45) is 1.38. The summed E-state index contributed by atoms with van der Waals surface area (Å²) in [5, 5.41) is 10.4. The van der Waals surface area contributed by atoms with Crippen LogP contribution in [0.25, 0.3) is 0 Å². The molecule has 1 rings (SSSR count). The predicted octanol–water partition coefficient (Wildman–Crippen LogP) is 3.45. The van der Waals surface area contributed by atoms with Crippen LogP contribution in [-0.4, -0.2) is 35.4 Å². The normalized spacial score (nSPS) is 10.6. The first-order chi connectivity index (χ1) is 8.05. The maximum atomic E-state index is 10.4. The van der Waals surface area contributed by atoms with Gasteiger partial charge in [-0.15, -0.1) is 0 Å². The van der Waals surface area contributed by atoms with Crippen LogP contribution in [0.5, 0.6) is 0 Å². The first kappa shape index (κ1) is 16.1. The van der Waals surface area contributed by atoms with Crippen LogP contribution in [0.4, 0.5) is 0 Å². The summed E-state index contributed by atoms with van der Waals surface area (Å²) in [7, 11) is 0. The second-order valence-corrected chi connectivity index (χ2v) is 4.39. The highest BCUT2D eigenvalue weighted by Gasteiger charge is 2.16. The van der Waals surface area contributed by atoms with E-state index in [2.05, 4.69) is 39.9 Å². The number of pyridine rings is 1. The van der Waals surface area contributed by atoms with Crippen LogP contribution in [0.2, 0.25) is 0 Å². The van der Waals surface area contributed by atoms with Gasteiger partial charge in [-0.3, -0.25) is 0 Å². The Labute approximate surface area is 110 Å². The van der Waals surface area contributed by atoms with Crippen LogP contribution in [0.1, 0.15) is 27.7 Å². The van der Waals surface area contributed by atoms with Crippen molar-refractivity contribution in [3.63, 3.8) is 0 Å². The number of quaternary nitrogens is 1. The molecule has 0 spiro atoms. The summed E-state index contributed by atoms with van der Waals surface area (Å²) in [6.45, 7) is 14.2. The summed E-state index contributed by atoms with van der Waals surface area (Å²) in [5.41, 5.74) is 0. The highest BCUT2D eigenvalue weighted by Crippen LogP contribution is 2.03. The van der Waals surface area contributed by atoms with Gasteiger partial charge in [-0.05, 0) is 46.0 Å². The molecule has 4 heteroatoms. The average Bonchev–Trinajstić information content (AvgIpc) is 2.37. The van der Waals surface area contributed by atoms with Gasteiger partial charge in [0, 0.05) is 0 Å². The largest absolute Gasteiger partial charge is 0.805 e. The third-order valence-electron chi connectivity index (χ3n) is 3.47. The average molecular weight is 256 g/mol. The van der Waals surface area contributed by atoms with E-state index in [4.69, 9.17) is 0 Å². The molecule has 0 fully saturated rings. The number of hydrogen-bond donors (Lipinski definition) is 0. The third kappa shape index (κ3) is 5.33. The van der Waals surface area contributed by atoms with Gasteiger partial charge in [0.1, 0.15) is 4.64 Å². The Morgan fingerprint density at radius 1 is 1.06 bits per heavy atom. The van der Waals surface area contributed by atoms with Crippen molar-refractivity contribution in [2.45, 2.75) is 27.7 Å². The van der Waals surface area contributed by atoms with Gasteiger partial charge in [0.25, 0.3) is 0 Å². The molecule has 1 aromatic heterocycles. The summed E-state index contributed by atoms with van der Waals surface area (Å²) in [4.78, 5) is 0. The smallest absolute Gasteiger partial charge is 0.101 e. The highest BCUT2D eigenvalue weighted by atomic mass is 32.1. The van der Waals surface area contributed by atoms with E-state index < -0.39 is 0 Å². The first-order valence-corrected chi connectivity index (χ1v) is 6.66. The molecule has 0 saturated heterocycles. The summed E-state index contributed by atoms with van der Waals surface area (Å²) in [6, 6.07) is 4.96. The van der Waals surface area contributed by atoms with E-state index in [1.807, 2.05) is 0 Å². The minimum Gasteiger partial charge on any atom is -0.805 e. The monoisotopic (exact) mass is 256 g/mol. The Morgan fingerprint density at radius 2 is 1.53 bits per heavy atom. The fraction of sp³-hybridized carbons (Fsp3) is 0.615. The molecule has 1 heterocycles. The van der Waals surface area contributed by atoms with Gasteiger partial charge in [0.15, 0.2) is 0 Å². The Hall–Kier alpha value is -0.870. The molecular formula is C13H24N2OS. The lowest BCUT2D eigenvalue weighted by molar-refractivity contribution is -0.921. The van der Waals surface area contributed by atoms with Crippen molar-refractivity contribution < 1.29 is 4.48 Å². The number of nitrogens with zero attached hydrogens (tertiary/aromatic N) is 2. The van der Waals surface area contributed by atoms with Crippen LogP contribution < -0.4 is 0 Å². The van der Waals surface area contributed by atoms with E-state index in [9.17, 15) is 5.21 Å². The first-order valence-electron chi connectivity index (χ1n) is 6.25. The highest BCUT2D eigenvalue weighted by molar-refractivity contribution is 7.71. The fourth-order valence-corrected chi connectivity index (χ4v) is 1.89. The molecule has 0 N–H and O–H groups in total. The SMILES string of the molecule is CC[N+](CC)(CC)CC.[O-]n1ccccc1=S. The van der Waals surface area contributed by atoms with Gasteiger partial charge in [-0.25, -0.2) is 0 Å². The maximum absolute atomic E-state index is 10.4. The van der Waals surface area contributed by atoms with Gasteiger partial charge in [-0.1, -0.05) is 18.3 Å². The Kier molecular flexibility index (Phi) is 7.83. The van der Waals surface area contributed by atoms with Crippen molar-refractivity contribution in [3.8, 4) is 0 Å². The van der Waals surface area contributed by atoms with Gasteiger partial charge in [0.2, 0.25) is 0 Å². The van der Waals surface area contributed by atoms with Gasteiger partial charge in [-0.2, -0.15) is 0 Å². The molecule has 0 radical (unpaired) electrons. The van der Waals surface area contributed by atoms with Gasteiger partial charge < -0.3 is 14.4 Å². The molecule has 0 aromatic carbocycles. The van der Waals surface area contributed by atoms with Crippen molar-refractivity contribution in [3.05, 3.63) is 34.2 Å². The van der Waals surface area contributed by atoms with Crippen LogP contribution in [0, 0.1) is 9.85 Å². The van der Waals surface area contributed by atoms with E-state index >= 15 is 0 Å². The Morgan fingerprint density at radius 3 is 1.71 bits per heavy atom.